The van der Waals surface area contributed by atoms with Gasteiger partial charge in [-0.05, 0) is 70.3 Å². The Morgan fingerprint density at radius 1 is 1.24 bits per heavy atom. The molecule has 4 heteroatoms. The van der Waals surface area contributed by atoms with Crippen molar-refractivity contribution in [2.75, 3.05) is 26.2 Å². The van der Waals surface area contributed by atoms with E-state index in [9.17, 15) is 4.79 Å². The lowest BCUT2D eigenvalue weighted by atomic mass is 9.99. The van der Waals surface area contributed by atoms with Crippen LogP contribution in [0.1, 0.15) is 48.7 Å². The lowest BCUT2D eigenvalue weighted by Gasteiger charge is -2.30. The smallest absolute Gasteiger partial charge is 0.252 e. The van der Waals surface area contributed by atoms with Crippen molar-refractivity contribution in [2.45, 2.75) is 39.5 Å². The molecule has 25 heavy (non-hydrogen) atoms. The molecule has 1 N–H and O–H groups in total. The summed E-state index contributed by atoms with van der Waals surface area (Å²) in [6, 6.07) is 9.71. The first-order valence-electron chi connectivity index (χ1n) is 9.50. The van der Waals surface area contributed by atoms with Gasteiger partial charge in [-0.3, -0.25) is 9.78 Å². The van der Waals surface area contributed by atoms with Crippen LogP contribution < -0.4 is 5.32 Å². The molecule has 1 amide bonds. The van der Waals surface area contributed by atoms with Crippen molar-refractivity contribution < 1.29 is 4.79 Å². The largest absolute Gasteiger partial charge is 0.352 e. The number of unbranched alkanes of at least 4 members (excludes halogenated alkanes) is 1. The van der Waals surface area contributed by atoms with E-state index in [0.717, 1.165) is 54.0 Å². The number of piperidine rings is 1. The number of likely N-dealkylation sites (tertiary alicyclic amines) is 1. The van der Waals surface area contributed by atoms with Crippen LogP contribution in [-0.4, -0.2) is 42.0 Å². The number of amides is 1. The highest BCUT2D eigenvalue weighted by Gasteiger charge is 2.15. The molecule has 0 saturated carbocycles. The fraction of sp³-hybridized carbons (Fsp3) is 0.524. The summed E-state index contributed by atoms with van der Waals surface area (Å²) >= 11 is 0. The first kappa shape index (κ1) is 17.9. The van der Waals surface area contributed by atoms with Gasteiger partial charge in [0.1, 0.15) is 0 Å². The molecule has 134 valence electrons. The monoisotopic (exact) mass is 339 g/mol. The van der Waals surface area contributed by atoms with Gasteiger partial charge in [-0.2, -0.15) is 0 Å². The first-order valence-corrected chi connectivity index (χ1v) is 9.50. The number of fused-ring (bicyclic) bond motifs is 1. The van der Waals surface area contributed by atoms with Crippen LogP contribution in [0, 0.1) is 12.8 Å². The van der Waals surface area contributed by atoms with Crippen LogP contribution in [0.3, 0.4) is 0 Å². The van der Waals surface area contributed by atoms with Crippen molar-refractivity contribution in [3.63, 3.8) is 0 Å². The number of aromatic nitrogens is 1. The van der Waals surface area contributed by atoms with E-state index in [2.05, 4.69) is 22.1 Å². The molecule has 0 spiro atoms. The third-order valence-electron chi connectivity index (χ3n) is 5.15. The van der Waals surface area contributed by atoms with Crippen LogP contribution in [0.15, 0.2) is 30.3 Å². The number of aryl methyl sites for hydroxylation is 1. The van der Waals surface area contributed by atoms with Crippen molar-refractivity contribution in [2.24, 2.45) is 5.92 Å². The predicted octanol–water partition coefficient (Wildman–Crippen LogP) is 3.79. The molecule has 1 aromatic heterocycles. The van der Waals surface area contributed by atoms with Gasteiger partial charge >= 0.3 is 0 Å². The summed E-state index contributed by atoms with van der Waals surface area (Å²) in [5.41, 5.74) is 2.49. The Labute approximate surface area is 150 Å². The normalized spacial score (nSPS) is 16.2. The molecular formula is C21H29N3O. The topological polar surface area (TPSA) is 45.2 Å². The number of hydrogen-bond acceptors (Lipinski definition) is 3. The Bertz CT molecular complexity index is 720. The summed E-state index contributed by atoms with van der Waals surface area (Å²) in [4.78, 5) is 19.6. The number of para-hydroxylation sites is 1. The minimum Gasteiger partial charge on any atom is -0.352 e. The molecule has 3 rings (SSSR count). The molecule has 2 heterocycles. The second-order valence-electron chi connectivity index (χ2n) is 7.32. The maximum Gasteiger partial charge on any atom is 0.252 e. The molecule has 2 aromatic rings. The van der Waals surface area contributed by atoms with E-state index in [-0.39, 0.29) is 5.91 Å². The van der Waals surface area contributed by atoms with Crippen LogP contribution in [0.25, 0.3) is 10.9 Å². The molecule has 0 unspecified atom stereocenters. The van der Waals surface area contributed by atoms with Gasteiger partial charge in [0.2, 0.25) is 0 Å². The molecule has 0 atom stereocenters. The lowest BCUT2D eigenvalue weighted by Crippen LogP contribution is -2.34. The van der Waals surface area contributed by atoms with Gasteiger partial charge in [0, 0.05) is 17.6 Å². The van der Waals surface area contributed by atoms with Crippen LogP contribution in [0.2, 0.25) is 0 Å². The molecular weight excluding hydrogens is 310 g/mol. The number of benzene rings is 1. The fourth-order valence-electron chi connectivity index (χ4n) is 3.54. The number of nitrogens with zero attached hydrogens (tertiary/aromatic N) is 2. The summed E-state index contributed by atoms with van der Waals surface area (Å²) in [5.74, 6) is 0.891. The minimum absolute atomic E-state index is 0.00787. The number of rotatable bonds is 6. The number of carbonyl (C=O) groups is 1. The molecule has 4 nitrogen and oxygen atoms in total. The summed E-state index contributed by atoms with van der Waals surface area (Å²) in [6.07, 6.45) is 4.82. The zero-order chi connectivity index (χ0) is 17.6. The molecule has 0 radical (unpaired) electrons. The lowest BCUT2D eigenvalue weighted by molar-refractivity contribution is 0.0953. The van der Waals surface area contributed by atoms with Crippen LogP contribution >= 0.6 is 0 Å². The van der Waals surface area contributed by atoms with Crippen molar-refractivity contribution in [3.05, 3.63) is 41.6 Å². The predicted molar refractivity (Wildman–Crippen MR) is 103 cm³/mol. The minimum atomic E-state index is 0.00787. The van der Waals surface area contributed by atoms with Crippen LogP contribution in [0.5, 0.6) is 0 Å². The number of pyridine rings is 1. The van der Waals surface area contributed by atoms with Gasteiger partial charge in [-0.1, -0.05) is 25.1 Å². The van der Waals surface area contributed by atoms with Crippen molar-refractivity contribution in [1.29, 1.82) is 0 Å². The van der Waals surface area contributed by atoms with Gasteiger partial charge in [0.25, 0.3) is 5.91 Å². The third kappa shape index (κ3) is 4.79. The Morgan fingerprint density at radius 2 is 2.00 bits per heavy atom. The molecule has 1 aliphatic rings. The van der Waals surface area contributed by atoms with E-state index >= 15 is 0 Å². The molecule has 1 aliphatic heterocycles. The number of nitrogens with one attached hydrogen (secondary N) is 1. The zero-order valence-electron chi connectivity index (χ0n) is 15.4. The third-order valence-corrected chi connectivity index (χ3v) is 5.15. The summed E-state index contributed by atoms with van der Waals surface area (Å²) in [6.45, 7) is 8.63. The maximum absolute atomic E-state index is 12.6. The number of hydrogen-bond donors (Lipinski definition) is 1. The van der Waals surface area contributed by atoms with Crippen LogP contribution in [0.4, 0.5) is 0 Å². The molecule has 1 fully saturated rings. The van der Waals surface area contributed by atoms with Gasteiger partial charge in [0.15, 0.2) is 0 Å². The van der Waals surface area contributed by atoms with Gasteiger partial charge < -0.3 is 10.2 Å². The van der Waals surface area contributed by atoms with E-state index < -0.39 is 0 Å². The Kier molecular flexibility index (Phi) is 6.03. The maximum atomic E-state index is 12.6. The van der Waals surface area contributed by atoms with E-state index in [0.29, 0.717) is 0 Å². The SMILES string of the molecule is Cc1cc(C(=O)NCCCCN2CCC(C)CC2)c2ccccc2n1. The average Bonchev–Trinajstić information content (AvgIpc) is 2.62. The average molecular weight is 339 g/mol. The number of carbonyl (C=O) groups excluding carboxylic acids is 1. The van der Waals surface area contributed by atoms with Gasteiger partial charge in [-0.25, -0.2) is 0 Å². The fourth-order valence-corrected chi connectivity index (χ4v) is 3.54. The van der Waals surface area contributed by atoms with E-state index in [1.165, 1.54) is 25.9 Å². The van der Waals surface area contributed by atoms with Gasteiger partial charge in [0.05, 0.1) is 11.1 Å². The van der Waals surface area contributed by atoms with Crippen molar-refractivity contribution in [3.8, 4) is 0 Å². The highest BCUT2D eigenvalue weighted by Crippen LogP contribution is 2.18. The zero-order valence-corrected chi connectivity index (χ0v) is 15.4. The molecule has 1 aromatic carbocycles. The van der Waals surface area contributed by atoms with E-state index in [1.54, 1.807) is 0 Å². The van der Waals surface area contributed by atoms with Crippen LogP contribution in [-0.2, 0) is 0 Å². The molecule has 0 bridgehead atoms. The van der Waals surface area contributed by atoms with Crippen molar-refractivity contribution in [1.82, 2.24) is 15.2 Å². The second kappa shape index (κ2) is 8.43. The highest BCUT2D eigenvalue weighted by atomic mass is 16.1. The van der Waals surface area contributed by atoms with Gasteiger partial charge in [-0.15, -0.1) is 0 Å². The van der Waals surface area contributed by atoms with Crippen molar-refractivity contribution >= 4 is 16.8 Å². The molecule has 0 aliphatic carbocycles. The highest BCUT2D eigenvalue weighted by molar-refractivity contribution is 6.06. The molecule has 1 saturated heterocycles. The Morgan fingerprint density at radius 3 is 2.80 bits per heavy atom. The summed E-state index contributed by atoms with van der Waals surface area (Å²) < 4.78 is 0. The standard InChI is InChI=1S/C21H29N3O/c1-16-9-13-24(14-10-16)12-6-5-11-22-21(25)19-15-17(2)23-20-8-4-3-7-18(19)20/h3-4,7-8,15-16H,5-6,9-14H2,1-2H3,(H,22,25). The Hall–Kier alpha value is -1.94. The quantitative estimate of drug-likeness (QED) is 0.815. The van der Waals surface area contributed by atoms with E-state index in [1.807, 2.05) is 37.3 Å². The summed E-state index contributed by atoms with van der Waals surface area (Å²) in [7, 11) is 0. The van der Waals surface area contributed by atoms with E-state index in [4.69, 9.17) is 0 Å². The first-order chi connectivity index (χ1) is 12.1. The second-order valence-corrected chi connectivity index (χ2v) is 7.32. The Balaban J connectivity index is 1.47. The summed E-state index contributed by atoms with van der Waals surface area (Å²) in [5, 5.41) is 4.00.